The van der Waals surface area contributed by atoms with E-state index in [9.17, 15) is 0 Å². The smallest absolute Gasteiger partial charge is 0.160 e. The SMILES string of the molecule is NC1CCC(c2nnc3ccc(Br)cn23)CC1. The summed E-state index contributed by atoms with van der Waals surface area (Å²) in [6.45, 7) is 0. The predicted octanol–water partition coefficient (Wildman–Crippen LogP) is 2.48. The molecule has 17 heavy (non-hydrogen) atoms. The number of fused-ring (bicyclic) bond motifs is 1. The van der Waals surface area contributed by atoms with Crippen molar-refractivity contribution in [3.05, 3.63) is 28.6 Å². The maximum absolute atomic E-state index is 5.94. The minimum Gasteiger partial charge on any atom is -0.328 e. The highest BCUT2D eigenvalue weighted by Crippen LogP contribution is 2.31. The summed E-state index contributed by atoms with van der Waals surface area (Å²) < 4.78 is 3.14. The van der Waals surface area contributed by atoms with Gasteiger partial charge < -0.3 is 5.73 Å². The zero-order valence-corrected chi connectivity index (χ0v) is 11.1. The number of nitrogens with zero attached hydrogens (tertiary/aromatic N) is 3. The molecule has 2 aromatic rings. The lowest BCUT2D eigenvalue weighted by Gasteiger charge is -2.24. The van der Waals surface area contributed by atoms with Crippen LogP contribution in [0.2, 0.25) is 0 Å². The predicted molar refractivity (Wildman–Crippen MR) is 69.9 cm³/mol. The number of halogens is 1. The van der Waals surface area contributed by atoms with Gasteiger partial charge in [0.1, 0.15) is 5.82 Å². The Morgan fingerprint density at radius 2 is 1.94 bits per heavy atom. The van der Waals surface area contributed by atoms with Gasteiger partial charge in [0.05, 0.1) is 0 Å². The highest BCUT2D eigenvalue weighted by molar-refractivity contribution is 9.10. The topological polar surface area (TPSA) is 56.2 Å². The molecule has 0 bridgehead atoms. The third-order valence-electron chi connectivity index (χ3n) is 3.53. The maximum atomic E-state index is 5.94. The Balaban J connectivity index is 1.97. The number of nitrogens with two attached hydrogens (primary N) is 1. The van der Waals surface area contributed by atoms with Crippen LogP contribution in [0.4, 0.5) is 0 Å². The fourth-order valence-electron chi connectivity index (χ4n) is 2.54. The molecule has 2 aromatic heterocycles. The number of rotatable bonds is 1. The van der Waals surface area contributed by atoms with E-state index < -0.39 is 0 Å². The van der Waals surface area contributed by atoms with Gasteiger partial charge in [0.25, 0.3) is 0 Å². The summed E-state index contributed by atoms with van der Waals surface area (Å²) >= 11 is 3.49. The molecule has 4 nitrogen and oxygen atoms in total. The van der Waals surface area contributed by atoms with Crippen LogP contribution in [0.3, 0.4) is 0 Å². The summed E-state index contributed by atoms with van der Waals surface area (Å²) in [5.41, 5.74) is 6.85. The van der Waals surface area contributed by atoms with Crippen molar-refractivity contribution in [1.82, 2.24) is 14.6 Å². The number of pyridine rings is 1. The van der Waals surface area contributed by atoms with E-state index in [1.807, 2.05) is 18.3 Å². The Morgan fingerprint density at radius 1 is 1.18 bits per heavy atom. The van der Waals surface area contributed by atoms with Crippen LogP contribution in [0.5, 0.6) is 0 Å². The third kappa shape index (κ3) is 2.09. The second kappa shape index (κ2) is 4.38. The summed E-state index contributed by atoms with van der Waals surface area (Å²) in [6.07, 6.45) is 6.46. The van der Waals surface area contributed by atoms with Crippen molar-refractivity contribution in [2.45, 2.75) is 37.6 Å². The van der Waals surface area contributed by atoms with Gasteiger partial charge >= 0.3 is 0 Å². The van der Waals surface area contributed by atoms with Crippen molar-refractivity contribution in [2.75, 3.05) is 0 Å². The summed E-state index contributed by atoms with van der Waals surface area (Å²) in [7, 11) is 0. The van der Waals surface area contributed by atoms with E-state index in [0.29, 0.717) is 12.0 Å². The average molecular weight is 295 g/mol. The summed E-state index contributed by atoms with van der Waals surface area (Å²) in [6, 6.07) is 4.34. The van der Waals surface area contributed by atoms with Gasteiger partial charge in [0, 0.05) is 22.6 Å². The Bertz CT molecular complexity index is 528. The zero-order valence-electron chi connectivity index (χ0n) is 9.51. The minimum absolute atomic E-state index is 0.372. The lowest BCUT2D eigenvalue weighted by molar-refractivity contribution is 0.383. The van der Waals surface area contributed by atoms with Gasteiger partial charge in [-0.3, -0.25) is 4.40 Å². The molecule has 3 rings (SSSR count). The van der Waals surface area contributed by atoms with Crippen LogP contribution in [0.15, 0.2) is 22.8 Å². The van der Waals surface area contributed by atoms with E-state index in [2.05, 4.69) is 30.5 Å². The molecular weight excluding hydrogens is 280 g/mol. The van der Waals surface area contributed by atoms with Crippen molar-refractivity contribution in [3.63, 3.8) is 0 Å². The fourth-order valence-corrected chi connectivity index (χ4v) is 2.88. The lowest BCUT2D eigenvalue weighted by atomic mass is 9.86. The maximum Gasteiger partial charge on any atom is 0.160 e. The van der Waals surface area contributed by atoms with Gasteiger partial charge in [-0.1, -0.05) is 0 Å². The molecule has 0 unspecified atom stereocenters. The van der Waals surface area contributed by atoms with Crippen LogP contribution in [0, 0.1) is 0 Å². The largest absolute Gasteiger partial charge is 0.328 e. The Hall–Kier alpha value is -0.940. The van der Waals surface area contributed by atoms with Crippen LogP contribution in [-0.2, 0) is 0 Å². The molecule has 90 valence electrons. The Morgan fingerprint density at radius 3 is 2.71 bits per heavy atom. The number of aromatic nitrogens is 3. The van der Waals surface area contributed by atoms with E-state index in [-0.39, 0.29) is 0 Å². The molecule has 0 aliphatic heterocycles. The van der Waals surface area contributed by atoms with Gasteiger partial charge in [0.15, 0.2) is 5.65 Å². The minimum atomic E-state index is 0.372. The molecule has 0 radical (unpaired) electrons. The van der Waals surface area contributed by atoms with E-state index in [4.69, 9.17) is 5.73 Å². The molecule has 2 N–H and O–H groups in total. The van der Waals surface area contributed by atoms with Gasteiger partial charge in [-0.15, -0.1) is 10.2 Å². The van der Waals surface area contributed by atoms with E-state index in [1.165, 1.54) is 0 Å². The molecule has 1 aliphatic carbocycles. The molecule has 1 fully saturated rings. The normalized spacial score (nSPS) is 25.3. The van der Waals surface area contributed by atoms with Crippen LogP contribution < -0.4 is 5.73 Å². The second-order valence-corrected chi connectivity index (χ2v) is 5.66. The Kier molecular flexibility index (Phi) is 2.88. The van der Waals surface area contributed by atoms with Gasteiger partial charge in [-0.25, -0.2) is 0 Å². The van der Waals surface area contributed by atoms with Crippen molar-refractivity contribution in [2.24, 2.45) is 5.73 Å². The molecule has 2 heterocycles. The van der Waals surface area contributed by atoms with Crippen molar-refractivity contribution in [1.29, 1.82) is 0 Å². The zero-order chi connectivity index (χ0) is 11.8. The van der Waals surface area contributed by atoms with E-state index in [0.717, 1.165) is 41.6 Å². The molecule has 0 atom stereocenters. The highest BCUT2D eigenvalue weighted by Gasteiger charge is 2.23. The van der Waals surface area contributed by atoms with Crippen LogP contribution in [-0.4, -0.2) is 20.6 Å². The fraction of sp³-hybridized carbons (Fsp3) is 0.500. The second-order valence-electron chi connectivity index (χ2n) is 4.75. The van der Waals surface area contributed by atoms with Gasteiger partial charge in [0.2, 0.25) is 0 Å². The van der Waals surface area contributed by atoms with Crippen LogP contribution in [0.1, 0.15) is 37.4 Å². The first kappa shape index (κ1) is 11.2. The number of hydrogen-bond acceptors (Lipinski definition) is 3. The Labute approximate surface area is 108 Å². The first-order valence-electron chi connectivity index (χ1n) is 6.00. The molecule has 0 spiro atoms. The van der Waals surface area contributed by atoms with E-state index >= 15 is 0 Å². The van der Waals surface area contributed by atoms with Crippen LogP contribution in [0.25, 0.3) is 5.65 Å². The first-order chi connectivity index (χ1) is 8.24. The molecule has 0 saturated heterocycles. The standard InChI is InChI=1S/C12H15BrN4/c13-9-3-6-11-15-16-12(17(11)7-9)8-1-4-10(14)5-2-8/h3,6-8,10H,1-2,4-5,14H2. The molecule has 0 aromatic carbocycles. The average Bonchev–Trinajstić information content (AvgIpc) is 2.73. The monoisotopic (exact) mass is 294 g/mol. The molecular formula is C12H15BrN4. The summed E-state index contributed by atoms with van der Waals surface area (Å²) in [5, 5.41) is 8.55. The van der Waals surface area contributed by atoms with E-state index in [1.54, 1.807) is 0 Å². The quantitative estimate of drug-likeness (QED) is 0.879. The number of hydrogen-bond donors (Lipinski definition) is 1. The molecule has 5 heteroatoms. The molecule has 0 amide bonds. The third-order valence-corrected chi connectivity index (χ3v) is 4.00. The molecule has 1 saturated carbocycles. The summed E-state index contributed by atoms with van der Waals surface area (Å²) in [4.78, 5) is 0. The van der Waals surface area contributed by atoms with Gasteiger partial charge in [-0.2, -0.15) is 0 Å². The van der Waals surface area contributed by atoms with Crippen molar-refractivity contribution >= 4 is 21.6 Å². The molecule has 1 aliphatic rings. The van der Waals surface area contributed by atoms with Gasteiger partial charge in [-0.05, 0) is 53.7 Å². The van der Waals surface area contributed by atoms with Crippen molar-refractivity contribution < 1.29 is 0 Å². The van der Waals surface area contributed by atoms with Crippen molar-refractivity contribution in [3.8, 4) is 0 Å². The first-order valence-corrected chi connectivity index (χ1v) is 6.79. The van der Waals surface area contributed by atoms with Crippen LogP contribution >= 0.6 is 15.9 Å². The highest BCUT2D eigenvalue weighted by atomic mass is 79.9. The lowest BCUT2D eigenvalue weighted by Crippen LogP contribution is -2.26. The summed E-state index contributed by atoms with van der Waals surface area (Å²) in [5.74, 6) is 1.58.